The number of nitrogens with zero attached hydrogens (tertiary/aromatic N) is 2. The predicted octanol–water partition coefficient (Wildman–Crippen LogP) is 3.54. The van der Waals surface area contributed by atoms with Crippen LogP contribution in [-0.4, -0.2) is 54.3 Å². The molecular weight excluding hydrogens is 434 g/mol. The standard InChI is InChI=1S/C26H31N3O5/c1-3-26(20-10-12-28(13-11-20)15-18-4-7-21(32-2)8-5-18)24(30)29(25(31)27-26)16-19-6-9-22-23(14-19)34-17-33-22/h4-9,14,20H,3,10-13,15-17H2,1-2H3,(H,27,31). The van der Waals surface area contributed by atoms with E-state index < -0.39 is 5.54 Å². The summed E-state index contributed by atoms with van der Waals surface area (Å²) in [6.07, 6.45) is 2.32. The van der Waals surface area contributed by atoms with Crippen LogP contribution in [0.5, 0.6) is 17.2 Å². The molecule has 8 nitrogen and oxygen atoms in total. The highest BCUT2D eigenvalue weighted by molar-refractivity contribution is 6.07. The van der Waals surface area contributed by atoms with E-state index in [1.165, 1.54) is 10.5 Å². The maximum atomic E-state index is 13.6. The molecule has 0 bridgehead atoms. The van der Waals surface area contributed by atoms with Crippen molar-refractivity contribution in [2.45, 2.75) is 44.8 Å². The SMILES string of the molecule is CCC1(C2CCN(Cc3ccc(OC)cc3)CC2)NC(=O)N(Cc2ccc3c(c2)OCO3)C1=O. The molecule has 1 N–H and O–H groups in total. The second-order valence-electron chi connectivity index (χ2n) is 9.23. The van der Waals surface area contributed by atoms with Crippen LogP contribution < -0.4 is 19.5 Å². The van der Waals surface area contributed by atoms with Crippen LogP contribution in [0.15, 0.2) is 42.5 Å². The molecule has 0 saturated carbocycles. The van der Waals surface area contributed by atoms with Crippen LogP contribution in [0.4, 0.5) is 4.79 Å². The van der Waals surface area contributed by atoms with E-state index in [4.69, 9.17) is 14.2 Å². The van der Waals surface area contributed by atoms with Crippen molar-refractivity contribution in [1.82, 2.24) is 15.1 Å². The van der Waals surface area contributed by atoms with Crippen LogP contribution in [0, 0.1) is 5.92 Å². The first-order chi connectivity index (χ1) is 16.5. The van der Waals surface area contributed by atoms with Crippen molar-refractivity contribution in [3.05, 3.63) is 53.6 Å². The molecular formula is C26H31N3O5. The van der Waals surface area contributed by atoms with E-state index in [9.17, 15) is 9.59 Å². The van der Waals surface area contributed by atoms with Gasteiger partial charge in [0.1, 0.15) is 11.3 Å². The molecule has 0 spiro atoms. The van der Waals surface area contributed by atoms with Gasteiger partial charge in [0.05, 0.1) is 13.7 Å². The number of methoxy groups -OCH3 is 1. The van der Waals surface area contributed by atoms with Crippen LogP contribution in [0.25, 0.3) is 0 Å². The molecule has 3 amide bonds. The third-order valence-electron chi connectivity index (χ3n) is 7.39. The van der Waals surface area contributed by atoms with E-state index in [2.05, 4.69) is 22.3 Å². The van der Waals surface area contributed by atoms with Gasteiger partial charge in [0.15, 0.2) is 11.5 Å². The van der Waals surface area contributed by atoms with Crippen LogP contribution in [0.1, 0.15) is 37.3 Å². The average Bonchev–Trinajstić information content (AvgIpc) is 3.43. The molecule has 180 valence electrons. The highest BCUT2D eigenvalue weighted by atomic mass is 16.7. The van der Waals surface area contributed by atoms with E-state index >= 15 is 0 Å². The van der Waals surface area contributed by atoms with Crippen LogP contribution in [-0.2, 0) is 17.9 Å². The zero-order valence-electron chi connectivity index (χ0n) is 19.7. The Hall–Kier alpha value is -3.26. The average molecular weight is 466 g/mol. The van der Waals surface area contributed by atoms with E-state index in [0.717, 1.165) is 43.8 Å². The quantitative estimate of drug-likeness (QED) is 0.630. The van der Waals surface area contributed by atoms with Crippen molar-refractivity contribution >= 4 is 11.9 Å². The number of ether oxygens (including phenoxy) is 3. The van der Waals surface area contributed by atoms with Gasteiger partial charge in [0, 0.05) is 6.54 Å². The highest BCUT2D eigenvalue weighted by Gasteiger charge is 2.54. The number of carbonyl (C=O) groups is 2. The second-order valence-corrected chi connectivity index (χ2v) is 9.23. The second kappa shape index (κ2) is 9.18. The zero-order valence-corrected chi connectivity index (χ0v) is 19.7. The first-order valence-electron chi connectivity index (χ1n) is 11.9. The molecule has 2 saturated heterocycles. The van der Waals surface area contributed by atoms with E-state index in [0.29, 0.717) is 17.9 Å². The van der Waals surface area contributed by atoms with Gasteiger partial charge in [0.25, 0.3) is 5.91 Å². The van der Waals surface area contributed by atoms with E-state index in [-0.39, 0.29) is 31.2 Å². The molecule has 0 aromatic heterocycles. The minimum Gasteiger partial charge on any atom is -0.497 e. The molecule has 3 heterocycles. The summed E-state index contributed by atoms with van der Waals surface area (Å²) in [6.45, 7) is 5.06. The predicted molar refractivity (Wildman–Crippen MR) is 126 cm³/mol. The van der Waals surface area contributed by atoms with Gasteiger partial charge in [-0.3, -0.25) is 14.6 Å². The number of hydrogen-bond donors (Lipinski definition) is 1. The van der Waals surface area contributed by atoms with Gasteiger partial charge in [-0.05, 0) is 73.7 Å². The van der Waals surface area contributed by atoms with Gasteiger partial charge in [0.2, 0.25) is 6.79 Å². The van der Waals surface area contributed by atoms with Crippen molar-refractivity contribution in [1.29, 1.82) is 0 Å². The summed E-state index contributed by atoms with van der Waals surface area (Å²) >= 11 is 0. The maximum absolute atomic E-state index is 13.6. The summed E-state index contributed by atoms with van der Waals surface area (Å²) < 4.78 is 16.0. The number of imide groups is 1. The van der Waals surface area contributed by atoms with E-state index in [1.54, 1.807) is 7.11 Å². The molecule has 2 aromatic carbocycles. The number of nitrogens with one attached hydrogen (secondary N) is 1. The normalized spacial score (nSPS) is 22.8. The number of fused-ring (bicyclic) bond motifs is 1. The molecule has 0 aliphatic carbocycles. The zero-order chi connectivity index (χ0) is 23.7. The topological polar surface area (TPSA) is 80.3 Å². The van der Waals surface area contributed by atoms with Crippen molar-refractivity contribution in [3.63, 3.8) is 0 Å². The number of rotatable bonds is 7. The van der Waals surface area contributed by atoms with Gasteiger partial charge in [-0.25, -0.2) is 4.79 Å². The Morgan fingerprint density at radius 1 is 1.00 bits per heavy atom. The van der Waals surface area contributed by atoms with Gasteiger partial charge >= 0.3 is 6.03 Å². The fourth-order valence-corrected chi connectivity index (χ4v) is 5.39. The number of benzene rings is 2. The number of carbonyl (C=O) groups excluding carboxylic acids is 2. The first kappa shape index (κ1) is 22.5. The minimum absolute atomic E-state index is 0.114. The van der Waals surface area contributed by atoms with Crippen LogP contribution in [0.2, 0.25) is 0 Å². The summed E-state index contributed by atoms with van der Waals surface area (Å²) in [5.74, 6) is 2.18. The molecule has 2 aromatic rings. The molecule has 5 rings (SSSR count). The fraction of sp³-hybridized carbons (Fsp3) is 0.462. The maximum Gasteiger partial charge on any atom is 0.325 e. The van der Waals surface area contributed by atoms with Crippen molar-refractivity contribution < 1.29 is 23.8 Å². The summed E-state index contributed by atoms with van der Waals surface area (Å²) in [5, 5.41) is 3.09. The van der Waals surface area contributed by atoms with Gasteiger partial charge in [-0.2, -0.15) is 0 Å². The summed E-state index contributed by atoms with van der Waals surface area (Å²) in [4.78, 5) is 30.3. The molecule has 3 aliphatic heterocycles. The Labute approximate surface area is 199 Å². The third kappa shape index (κ3) is 4.07. The lowest BCUT2D eigenvalue weighted by Crippen LogP contribution is -2.55. The van der Waals surface area contributed by atoms with Crippen LogP contribution in [0.3, 0.4) is 0 Å². The Bertz CT molecular complexity index is 1060. The molecule has 1 unspecified atom stereocenters. The Kier molecular flexibility index (Phi) is 6.08. The number of urea groups is 1. The minimum atomic E-state index is -0.834. The van der Waals surface area contributed by atoms with Gasteiger partial charge in [-0.1, -0.05) is 25.1 Å². The van der Waals surface area contributed by atoms with E-state index in [1.807, 2.05) is 37.3 Å². The molecule has 0 radical (unpaired) electrons. The molecule has 8 heteroatoms. The first-order valence-corrected chi connectivity index (χ1v) is 11.9. The molecule has 1 atom stereocenters. The Morgan fingerprint density at radius 3 is 2.41 bits per heavy atom. The summed E-state index contributed by atoms with van der Waals surface area (Å²) in [6, 6.07) is 13.4. The molecule has 3 aliphatic rings. The van der Waals surface area contributed by atoms with Crippen molar-refractivity contribution in [2.24, 2.45) is 5.92 Å². The highest BCUT2D eigenvalue weighted by Crippen LogP contribution is 2.38. The smallest absolute Gasteiger partial charge is 0.325 e. The molecule has 34 heavy (non-hydrogen) atoms. The number of piperidine rings is 1. The van der Waals surface area contributed by atoms with Gasteiger partial charge < -0.3 is 19.5 Å². The fourth-order valence-electron chi connectivity index (χ4n) is 5.39. The lowest BCUT2D eigenvalue weighted by atomic mass is 9.75. The number of amides is 3. The van der Waals surface area contributed by atoms with Crippen LogP contribution >= 0.6 is 0 Å². The van der Waals surface area contributed by atoms with Gasteiger partial charge in [-0.15, -0.1) is 0 Å². The molecule has 2 fully saturated rings. The third-order valence-corrected chi connectivity index (χ3v) is 7.39. The van der Waals surface area contributed by atoms with Crippen molar-refractivity contribution in [2.75, 3.05) is 27.0 Å². The van der Waals surface area contributed by atoms with Crippen molar-refractivity contribution in [3.8, 4) is 17.2 Å². The number of hydrogen-bond acceptors (Lipinski definition) is 6. The summed E-state index contributed by atoms with van der Waals surface area (Å²) in [5.41, 5.74) is 1.25. The Morgan fingerprint density at radius 2 is 1.71 bits per heavy atom. The Balaban J connectivity index is 1.23. The lowest BCUT2D eigenvalue weighted by molar-refractivity contribution is -0.134. The number of likely N-dealkylation sites (tertiary alicyclic amines) is 1. The summed E-state index contributed by atoms with van der Waals surface area (Å²) in [7, 11) is 1.67. The largest absolute Gasteiger partial charge is 0.497 e. The monoisotopic (exact) mass is 465 g/mol. The lowest BCUT2D eigenvalue weighted by Gasteiger charge is -2.40.